The van der Waals surface area contributed by atoms with Crippen molar-refractivity contribution in [3.05, 3.63) is 58.6 Å². The molecule has 0 radical (unpaired) electrons. The molecule has 1 atom stereocenters. The lowest BCUT2D eigenvalue weighted by atomic mass is 9.87. The maximum atomic E-state index is 14.3. The van der Waals surface area contributed by atoms with Crippen molar-refractivity contribution in [2.45, 2.75) is 32.5 Å². The van der Waals surface area contributed by atoms with Gasteiger partial charge in [0.05, 0.1) is 6.26 Å². The lowest BCUT2D eigenvalue weighted by Gasteiger charge is -2.21. The lowest BCUT2D eigenvalue weighted by Crippen LogP contribution is -2.30. The van der Waals surface area contributed by atoms with Crippen molar-refractivity contribution in [1.82, 2.24) is 5.32 Å². The first-order valence-electron chi connectivity index (χ1n) is 8.79. The van der Waals surface area contributed by atoms with E-state index in [4.69, 9.17) is 16.3 Å². The molecule has 0 aliphatic carbocycles. The number of hydrogen-bond donors (Lipinski definition) is 2. The standard InChI is InChI=1S/C20H24ClFN2O4S/c1-20(2,3)16-10-9-15(11-17(16)21)28-12-18(25)23-19(22)13-5-7-14(8-6-13)24-29(4,26)27/h5-11,19,24H,12H2,1-4H3,(H,23,25). The van der Waals surface area contributed by atoms with E-state index >= 15 is 0 Å². The molecule has 0 aliphatic rings. The molecule has 0 heterocycles. The van der Waals surface area contributed by atoms with Gasteiger partial charge in [0.1, 0.15) is 5.75 Å². The zero-order valence-corrected chi connectivity index (χ0v) is 18.2. The number of carbonyl (C=O) groups is 1. The van der Waals surface area contributed by atoms with Gasteiger partial charge in [0.15, 0.2) is 12.9 Å². The van der Waals surface area contributed by atoms with E-state index in [-0.39, 0.29) is 17.6 Å². The van der Waals surface area contributed by atoms with Gasteiger partial charge in [0.2, 0.25) is 10.0 Å². The van der Waals surface area contributed by atoms with Crippen LogP contribution in [0.25, 0.3) is 0 Å². The smallest absolute Gasteiger partial charge is 0.260 e. The van der Waals surface area contributed by atoms with Gasteiger partial charge in [0.25, 0.3) is 5.91 Å². The number of amides is 1. The number of hydrogen-bond acceptors (Lipinski definition) is 4. The molecule has 2 aromatic rings. The molecular formula is C20H24ClFN2O4S. The Hall–Kier alpha value is -2.32. The van der Waals surface area contributed by atoms with Crippen molar-refractivity contribution < 1.29 is 22.3 Å². The average Bonchev–Trinajstić information content (AvgIpc) is 2.58. The fourth-order valence-corrected chi connectivity index (χ4v) is 3.56. The normalized spacial score (nSPS) is 12.9. The van der Waals surface area contributed by atoms with E-state index in [0.29, 0.717) is 16.5 Å². The third-order valence-electron chi connectivity index (χ3n) is 3.91. The Balaban J connectivity index is 1.91. The van der Waals surface area contributed by atoms with E-state index in [1.54, 1.807) is 12.1 Å². The van der Waals surface area contributed by atoms with Gasteiger partial charge in [0, 0.05) is 16.3 Å². The minimum atomic E-state index is -3.42. The zero-order valence-electron chi connectivity index (χ0n) is 16.6. The maximum absolute atomic E-state index is 14.3. The van der Waals surface area contributed by atoms with Crippen LogP contribution in [0.4, 0.5) is 10.1 Å². The highest BCUT2D eigenvalue weighted by Crippen LogP contribution is 2.32. The summed E-state index contributed by atoms with van der Waals surface area (Å²) in [5.74, 6) is -0.239. The second kappa shape index (κ2) is 9.00. The van der Waals surface area contributed by atoms with E-state index in [9.17, 15) is 17.6 Å². The second-order valence-electron chi connectivity index (χ2n) is 7.61. The topological polar surface area (TPSA) is 84.5 Å². The Morgan fingerprint density at radius 3 is 2.31 bits per heavy atom. The van der Waals surface area contributed by atoms with Crippen LogP contribution in [0.1, 0.15) is 38.2 Å². The molecule has 158 valence electrons. The number of ether oxygens (including phenoxy) is 1. The van der Waals surface area contributed by atoms with Crippen molar-refractivity contribution >= 4 is 33.2 Å². The minimum Gasteiger partial charge on any atom is -0.484 e. The summed E-state index contributed by atoms with van der Waals surface area (Å²) in [4.78, 5) is 12.0. The van der Waals surface area contributed by atoms with E-state index in [1.807, 2.05) is 26.8 Å². The number of rotatable bonds is 7. The summed E-state index contributed by atoms with van der Waals surface area (Å²) in [6, 6.07) is 10.7. The summed E-state index contributed by atoms with van der Waals surface area (Å²) in [6.07, 6.45) is -0.742. The molecule has 1 unspecified atom stereocenters. The van der Waals surface area contributed by atoms with Crippen LogP contribution in [0, 0.1) is 0 Å². The molecule has 0 spiro atoms. The molecule has 0 aromatic heterocycles. The Morgan fingerprint density at radius 2 is 1.79 bits per heavy atom. The van der Waals surface area contributed by atoms with Crippen molar-refractivity contribution in [3.8, 4) is 5.75 Å². The van der Waals surface area contributed by atoms with Gasteiger partial charge in [-0.1, -0.05) is 50.6 Å². The van der Waals surface area contributed by atoms with Gasteiger partial charge < -0.3 is 10.1 Å². The summed E-state index contributed by atoms with van der Waals surface area (Å²) >= 11 is 6.26. The molecule has 2 rings (SSSR count). The van der Waals surface area contributed by atoms with Crippen LogP contribution in [0.3, 0.4) is 0 Å². The van der Waals surface area contributed by atoms with E-state index in [0.717, 1.165) is 11.8 Å². The highest BCUT2D eigenvalue weighted by atomic mass is 35.5. The van der Waals surface area contributed by atoms with E-state index in [1.165, 1.54) is 24.3 Å². The molecule has 9 heteroatoms. The fraction of sp³-hybridized carbons (Fsp3) is 0.350. The lowest BCUT2D eigenvalue weighted by molar-refractivity contribution is -0.125. The van der Waals surface area contributed by atoms with Crippen LogP contribution in [0.15, 0.2) is 42.5 Å². The summed E-state index contributed by atoms with van der Waals surface area (Å²) in [6.45, 7) is 5.73. The van der Waals surface area contributed by atoms with Crippen LogP contribution in [-0.4, -0.2) is 27.2 Å². The average molecular weight is 443 g/mol. The number of benzene rings is 2. The van der Waals surface area contributed by atoms with E-state index < -0.39 is 22.2 Å². The monoisotopic (exact) mass is 442 g/mol. The molecule has 2 N–H and O–H groups in total. The molecular weight excluding hydrogens is 419 g/mol. The first-order chi connectivity index (χ1) is 13.3. The van der Waals surface area contributed by atoms with Crippen LogP contribution in [-0.2, 0) is 20.2 Å². The largest absolute Gasteiger partial charge is 0.484 e. The summed E-state index contributed by atoms with van der Waals surface area (Å²) in [5, 5.41) is 2.71. The van der Waals surface area contributed by atoms with Gasteiger partial charge in [-0.25, -0.2) is 12.8 Å². The van der Waals surface area contributed by atoms with E-state index in [2.05, 4.69) is 10.0 Å². The Morgan fingerprint density at radius 1 is 1.17 bits per heavy atom. The van der Waals surface area contributed by atoms with Crippen molar-refractivity contribution in [2.24, 2.45) is 0 Å². The Bertz CT molecular complexity index is 973. The molecule has 1 amide bonds. The predicted molar refractivity (Wildman–Crippen MR) is 113 cm³/mol. The van der Waals surface area contributed by atoms with Gasteiger partial charge in [-0.3, -0.25) is 9.52 Å². The van der Waals surface area contributed by atoms with Crippen molar-refractivity contribution in [2.75, 3.05) is 17.6 Å². The molecule has 29 heavy (non-hydrogen) atoms. The third-order valence-corrected chi connectivity index (χ3v) is 4.83. The Labute approximate surface area is 175 Å². The van der Waals surface area contributed by atoms with Crippen LogP contribution >= 0.6 is 11.6 Å². The quantitative estimate of drug-likeness (QED) is 0.630. The highest BCUT2D eigenvalue weighted by Gasteiger charge is 2.18. The minimum absolute atomic E-state index is 0.124. The number of sulfonamides is 1. The second-order valence-corrected chi connectivity index (χ2v) is 9.76. The number of alkyl halides is 1. The summed E-state index contributed by atoms with van der Waals surface area (Å²) < 4.78 is 44.3. The summed E-state index contributed by atoms with van der Waals surface area (Å²) in [5.41, 5.74) is 1.30. The molecule has 0 saturated heterocycles. The highest BCUT2D eigenvalue weighted by molar-refractivity contribution is 7.92. The number of nitrogens with one attached hydrogen (secondary N) is 2. The molecule has 0 aliphatic heterocycles. The first kappa shape index (κ1) is 23.0. The van der Waals surface area contributed by atoms with Crippen molar-refractivity contribution in [3.63, 3.8) is 0 Å². The third kappa shape index (κ3) is 7.21. The predicted octanol–water partition coefficient (Wildman–Crippen LogP) is 4.17. The zero-order chi connectivity index (χ0) is 21.8. The van der Waals surface area contributed by atoms with Gasteiger partial charge in [-0.2, -0.15) is 0 Å². The SMILES string of the molecule is CC(C)(C)c1ccc(OCC(=O)NC(F)c2ccc(NS(C)(=O)=O)cc2)cc1Cl. The molecule has 2 aromatic carbocycles. The number of carbonyl (C=O) groups excluding carboxylic acids is 1. The maximum Gasteiger partial charge on any atom is 0.260 e. The molecule has 0 bridgehead atoms. The first-order valence-corrected chi connectivity index (χ1v) is 11.1. The van der Waals surface area contributed by atoms with Crippen molar-refractivity contribution in [1.29, 1.82) is 0 Å². The van der Waals surface area contributed by atoms with Gasteiger partial charge in [-0.15, -0.1) is 0 Å². The van der Waals surface area contributed by atoms with Gasteiger partial charge >= 0.3 is 0 Å². The number of anilines is 1. The number of halogens is 2. The van der Waals surface area contributed by atoms with Gasteiger partial charge in [-0.05, 0) is 35.2 Å². The molecule has 0 fully saturated rings. The fourth-order valence-electron chi connectivity index (χ4n) is 2.54. The molecule has 0 saturated carbocycles. The Kier molecular flexibility index (Phi) is 7.13. The summed E-state index contributed by atoms with van der Waals surface area (Å²) in [7, 11) is -3.42. The van der Waals surface area contributed by atoms with Crippen LogP contribution < -0.4 is 14.8 Å². The van der Waals surface area contributed by atoms with Crippen LogP contribution in [0.5, 0.6) is 5.75 Å². The molecule has 6 nitrogen and oxygen atoms in total. The van der Waals surface area contributed by atoms with Crippen LogP contribution in [0.2, 0.25) is 5.02 Å².